The van der Waals surface area contributed by atoms with Crippen LogP contribution in [0.15, 0.2) is 23.8 Å². The van der Waals surface area contributed by atoms with E-state index in [0.29, 0.717) is 36.9 Å². The van der Waals surface area contributed by atoms with Gasteiger partial charge in [0.2, 0.25) is 0 Å². The van der Waals surface area contributed by atoms with Gasteiger partial charge in [0, 0.05) is 17.8 Å². The number of Topliss-reactive ketones (excluding diaryl/α,β-unsaturated/α-hetero) is 1. The topological polar surface area (TPSA) is 83.8 Å². The van der Waals surface area contributed by atoms with Crippen LogP contribution in [0.2, 0.25) is 0 Å². The van der Waals surface area contributed by atoms with Crippen LogP contribution in [0.4, 0.5) is 0 Å². The lowest BCUT2D eigenvalue weighted by Crippen LogP contribution is -2.57. The second-order valence-corrected chi connectivity index (χ2v) is 14.2. The first-order valence-corrected chi connectivity index (χ1v) is 13.9. The minimum absolute atomic E-state index is 0.0755. The number of carbonyl (C=O) groups excluding carboxylic acids is 2. The first kappa shape index (κ1) is 27.6. The summed E-state index contributed by atoms with van der Waals surface area (Å²) in [5, 5.41) is 21.7. The molecule has 4 rings (SSSR count). The van der Waals surface area contributed by atoms with Gasteiger partial charge in [-0.25, -0.2) is 0 Å². The summed E-state index contributed by atoms with van der Waals surface area (Å²) in [4.78, 5) is 25.9. The Morgan fingerprint density at radius 2 is 1.89 bits per heavy atom. The highest BCUT2D eigenvalue weighted by Gasteiger charge is 2.68. The van der Waals surface area contributed by atoms with E-state index in [9.17, 15) is 19.8 Å². The maximum atomic E-state index is 13.1. The monoisotopic (exact) mass is 500 g/mol. The van der Waals surface area contributed by atoms with E-state index >= 15 is 0 Å². The molecule has 0 unspecified atom stereocenters. The zero-order valence-corrected chi connectivity index (χ0v) is 23.7. The molecular weight excluding hydrogens is 452 g/mol. The van der Waals surface area contributed by atoms with Crippen LogP contribution >= 0.6 is 0 Å². The van der Waals surface area contributed by atoms with E-state index in [0.717, 1.165) is 25.7 Å². The summed E-state index contributed by atoms with van der Waals surface area (Å²) in [7, 11) is 1.42. The minimum atomic E-state index is -0.959. The van der Waals surface area contributed by atoms with Gasteiger partial charge < -0.3 is 14.9 Å². The van der Waals surface area contributed by atoms with Gasteiger partial charge in [0.15, 0.2) is 0 Å². The summed E-state index contributed by atoms with van der Waals surface area (Å²) in [5.41, 5.74) is -0.203. The smallest absolute Gasteiger partial charge is 0.309 e. The van der Waals surface area contributed by atoms with Crippen LogP contribution in [0.3, 0.4) is 0 Å². The molecule has 3 fully saturated rings. The number of ether oxygens (including phenoxy) is 1. The number of aliphatic hydroxyl groups excluding tert-OH is 1. The Bertz CT molecular complexity index is 970. The van der Waals surface area contributed by atoms with Crippen LogP contribution in [0, 0.1) is 45.3 Å². The number of ketones is 1. The van der Waals surface area contributed by atoms with Crippen molar-refractivity contribution >= 4 is 11.8 Å². The van der Waals surface area contributed by atoms with Gasteiger partial charge in [0.1, 0.15) is 5.78 Å². The second-order valence-electron chi connectivity index (χ2n) is 14.2. The van der Waals surface area contributed by atoms with Gasteiger partial charge >= 0.3 is 5.97 Å². The normalized spacial score (nSPS) is 42.8. The summed E-state index contributed by atoms with van der Waals surface area (Å²) in [6, 6.07) is 0. The van der Waals surface area contributed by atoms with Crippen molar-refractivity contribution in [2.75, 3.05) is 7.11 Å². The lowest BCUT2D eigenvalue weighted by Gasteiger charge is -2.63. The Balaban J connectivity index is 1.72. The Hall–Kier alpha value is -1.46. The van der Waals surface area contributed by atoms with E-state index in [2.05, 4.69) is 40.7 Å². The molecule has 0 aliphatic heterocycles. The van der Waals surface area contributed by atoms with E-state index < -0.39 is 17.6 Å². The second kappa shape index (κ2) is 8.80. The van der Waals surface area contributed by atoms with Crippen molar-refractivity contribution in [2.24, 2.45) is 45.3 Å². The SMILES string of the molecule is COC(=O)[C@H](C/C=C/C(C)(C)O)[C@@H]1[C@@H](O)C[C@]2(C)C3=CC[C@H]4C(C)(C)C(=O)CC[C@]4(C)[C@H]3CC[C@@]12C. The molecule has 0 aromatic heterocycles. The minimum Gasteiger partial charge on any atom is -0.469 e. The van der Waals surface area contributed by atoms with Crippen LogP contribution in [0.1, 0.15) is 93.4 Å². The number of hydrogen-bond donors (Lipinski definition) is 2. The molecule has 5 nitrogen and oxygen atoms in total. The summed E-state index contributed by atoms with van der Waals surface area (Å²) < 4.78 is 5.25. The maximum Gasteiger partial charge on any atom is 0.309 e. The first-order valence-electron chi connectivity index (χ1n) is 13.9. The van der Waals surface area contributed by atoms with Crippen LogP contribution in [0.25, 0.3) is 0 Å². The van der Waals surface area contributed by atoms with Crippen LogP contribution < -0.4 is 0 Å². The number of allylic oxidation sites excluding steroid dienone is 3. The summed E-state index contributed by atoms with van der Waals surface area (Å²) in [6.45, 7) is 14.7. The molecule has 202 valence electrons. The molecular formula is C31H48O5. The van der Waals surface area contributed by atoms with Crippen molar-refractivity contribution in [3.63, 3.8) is 0 Å². The number of esters is 1. The number of fused-ring (bicyclic) bond motifs is 5. The molecule has 4 aliphatic rings. The standard InChI is InChI=1S/C31H48O5/c1-27(2,35)15-9-10-19(26(34)36-8)25-22(32)18-31(7)21-11-12-23-28(3,4)24(33)14-16-29(23,5)20(21)13-17-30(25,31)6/h9,11,15,19-20,22-23,25,32,35H,10,12-14,16-18H2,1-8H3/b15-9+/t19-,20+,22+,23+,25-,29-,30+,31-/m1/s1. The lowest BCUT2D eigenvalue weighted by atomic mass is 9.41. The number of aliphatic hydroxyl groups is 2. The Kier molecular flexibility index (Phi) is 6.74. The van der Waals surface area contributed by atoms with E-state index in [1.165, 1.54) is 12.7 Å². The van der Waals surface area contributed by atoms with Crippen molar-refractivity contribution < 1.29 is 24.5 Å². The van der Waals surface area contributed by atoms with Crippen molar-refractivity contribution in [3.05, 3.63) is 23.8 Å². The molecule has 5 heteroatoms. The maximum absolute atomic E-state index is 13.1. The average molecular weight is 501 g/mol. The quantitative estimate of drug-likeness (QED) is 0.377. The van der Waals surface area contributed by atoms with Gasteiger partial charge in [-0.3, -0.25) is 9.59 Å². The molecule has 0 saturated heterocycles. The molecule has 4 aliphatic carbocycles. The molecule has 36 heavy (non-hydrogen) atoms. The van der Waals surface area contributed by atoms with E-state index in [1.54, 1.807) is 19.9 Å². The van der Waals surface area contributed by atoms with Crippen LogP contribution in [-0.2, 0) is 14.3 Å². The van der Waals surface area contributed by atoms with Crippen molar-refractivity contribution in [1.82, 2.24) is 0 Å². The highest BCUT2D eigenvalue weighted by Crippen LogP contribution is 2.73. The summed E-state index contributed by atoms with van der Waals surface area (Å²) >= 11 is 0. The van der Waals surface area contributed by atoms with Crippen molar-refractivity contribution in [3.8, 4) is 0 Å². The number of carbonyl (C=O) groups is 2. The zero-order chi connectivity index (χ0) is 26.9. The van der Waals surface area contributed by atoms with Gasteiger partial charge in [-0.15, -0.1) is 0 Å². The molecule has 3 saturated carbocycles. The molecule has 0 spiro atoms. The number of rotatable bonds is 5. The largest absolute Gasteiger partial charge is 0.469 e. The predicted molar refractivity (Wildman–Crippen MR) is 141 cm³/mol. The van der Waals surface area contributed by atoms with Gasteiger partial charge in [-0.1, -0.05) is 58.4 Å². The van der Waals surface area contributed by atoms with Gasteiger partial charge in [0.05, 0.1) is 24.7 Å². The highest BCUT2D eigenvalue weighted by molar-refractivity contribution is 5.85. The molecule has 0 heterocycles. The fraction of sp³-hybridized carbons (Fsp3) is 0.806. The molecule has 0 aromatic rings. The zero-order valence-electron chi connectivity index (χ0n) is 23.7. The van der Waals surface area contributed by atoms with E-state index in [1.807, 2.05) is 6.08 Å². The van der Waals surface area contributed by atoms with Crippen LogP contribution in [-0.4, -0.2) is 40.8 Å². The third-order valence-electron chi connectivity index (χ3n) is 11.5. The average Bonchev–Trinajstić information content (AvgIpc) is 2.98. The molecule has 2 N–H and O–H groups in total. The Morgan fingerprint density at radius 3 is 2.50 bits per heavy atom. The highest BCUT2D eigenvalue weighted by atomic mass is 16.5. The van der Waals surface area contributed by atoms with Gasteiger partial charge in [0.25, 0.3) is 0 Å². The summed E-state index contributed by atoms with van der Waals surface area (Å²) in [5.74, 6) is 0.155. The molecule has 0 amide bonds. The third-order valence-corrected chi connectivity index (χ3v) is 11.5. The first-order chi connectivity index (χ1) is 16.5. The van der Waals surface area contributed by atoms with E-state index in [-0.39, 0.29) is 33.5 Å². The molecule has 0 radical (unpaired) electrons. The van der Waals surface area contributed by atoms with E-state index in [4.69, 9.17) is 4.74 Å². The van der Waals surface area contributed by atoms with Gasteiger partial charge in [-0.05, 0) is 80.5 Å². The third kappa shape index (κ3) is 3.95. The fourth-order valence-electron chi connectivity index (χ4n) is 9.38. The van der Waals surface area contributed by atoms with Crippen molar-refractivity contribution in [1.29, 1.82) is 0 Å². The molecule has 0 bridgehead atoms. The number of methoxy groups -OCH3 is 1. The Labute approximate surface area is 217 Å². The van der Waals surface area contributed by atoms with Crippen molar-refractivity contribution in [2.45, 2.75) is 105 Å². The fourth-order valence-corrected chi connectivity index (χ4v) is 9.38. The molecule has 0 aromatic carbocycles. The van der Waals surface area contributed by atoms with Gasteiger partial charge in [-0.2, -0.15) is 0 Å². The number of hydrogen-bond acceptors (Lipinski definition) is 5. The van der Waals surface area contributed by atoms with Crippen LogP contribution in [0.5, 0.6) is 0 Å². The lowest BCUT2D eigenvalue weighted by molar-refractivity contribution is -0.153. The Morgan fingerprint density at radius 1 is 1.22 bits per heavy atom. The predicted octanol–water partition coefficient (Wildman–Crippen LogP) is 5.64. The summed E-state index contributed by atoms with van der Waals surface area (Å²) in [6.07, 6.45) is 10.9. The molecule has 8 atom stereocenters.